The van der Waals surface area contributed by atoms with Crippen LogP contribution in [0.5, 0.6) is 0 Å². The summed E-state index contributed by atoms with van der Waals surface area (Å²) in [4.78, 5) is 11.0. The van der Waals surface area contributed by atoms with Crippen LogP contribution in [0.1, 0.15) is 36.8 Å². The highest BCUT2D eigenvalue weighted by atomic mass is 19.4. The molecule has 0 bridgehead atoms. The standard InChI is InChI=1S/C10H10F6N2O/c1-8(2,3)18-6(9(11,12)13)5(4-17-18)7(19)10(14,15)16/h4H,1-3H3. The third-order valence-corrected chi connectivity index (χ3v) is 2.18. The summed E-state index contributed by atoms with van der Waals surface area (Å²) in [5.41, 5.74) is -4.40. The molecule has 0 saturated carbocycles. The van der Waals surface area contributed by atoms with Crippen LogP contribution in [0.4, 0.5) is 26.3 Å². The number of hydrogen-bond acceptors (Lipinski definition) is 2. The summed E-state index contributed by atoms with van der Waals surface area (Å²) < 4.78 is 75.7. The first kappa shape index (κ1) is 15.5. The summed E-state index contributed by atoms with van der Waals surface area (Å²) in [6, 6.07) is 0. The van der Waals surface area contributed by atoms with E-state index in [-0.39, 0.29) is 0 Å². The molecule has 0 aliphatic carbocycles. The normalized spacial score (nSPS) is 13.7. The van der Waals surface area contributed by atoms with Crippen LogP contribution in [0, 0.1) is 0 Å². The lowest BCUT2D eigenvalue weighted by Crippen LogP contribution is -2.31. The molecular weight excluding hydrogens is 278 g/mol. The van der Waals surface area contributed by atoms with Crippen molar-refractivity contribution in [3.8, 4) is 0 Å². The summed E-state index contributed by atoms with van der Waals surface area (Å²) >= 11 is 0. The maximum absolute atomic E-state index is 12.8. The van der Waals surface area contributed by atoms with Crippen molar-refractivity contribution in [1.82, 2.24) is 9.78 Å². The molecule has 0 saturated heterocycles. The number of rotatable bonds is 1. The topological polar surface area (TPSA) is 34.9 Å². The molecule has 0 fully saturated rings. The molecule has 0 aliphatic rings. The smallest absolute Gasteiger partial charge is 0.284 e. The van der Waals surface area contributed by atoms with Crippen LogP contribution in [0.2, 0.25) is 0 Å². The second-order valence-corrected chi connectivity index (χ2v) is 4.81. The van der Waals surface area contributed by atoms with E-state index in [2.05, 4.69) is 5.10 Å². The molecular formula is C10H10F6N2O. The summed E-state index contributed by atoms with van der Waals surface area (Å²) in [5.74, 6) is -2.56. The number of nitrogens with zero attached hydrogens (tertiary/aromatic N) is 2. The Labute approximate surface area is 104 Å². The minimum absolute atomic E-state index is 0.296. The largest absolute Gasteiger partial charge is 0.455 e. The molecule has 0 aliphatic heterocycles. The van der Waals surface area contributed by atoms with Gasteiger partial charge >= 0.3 is 12.4 Å². The van der Waals surface area contributed by atoms with Crippen LogP contribution in [0.25, 0.3) is 0 Å². The lowest BCUT2D eigenvalue weighted by atomic mass is 10.1. The lowest BCUT2D eigenvalue weighted by Gasteiger charge is -2.23. The number of halogens is 6. The monoisotopic (exact) mass is 288 g/mol. The van der Waals surface area contributed by atoms with Crippen molar-refractivity contribution in [3.05, 3.63) is 17.5 Å². The highest BCUT2D eigenvalue weighted by Crippen LogP contribution is 2.37. The molecule has 1 aromatic heterocycles. The van der Waals surface area contributed by atoms with E-state index in [0.717, 1.165) is 0 Å². The molecule has 0 unspecified atom stereocenters. The maximum atomic E-state index is 12.8. The zero-order valence-electron chi connectivity index (χ0n) is 10.1. The Morgan fingerprint density at radius 2 is 1.58 bits per heavy atom. The molecule has 9 heteroatoms. The van der Waals surface area contributed by atoms with E-state index in [0.29, 0.717) is 10.9 Å². The number of carbonyl (C=O) groups excluding carboxylic acids is 1. The zero-order chi connectivity index (χ0) is 15.2. The van der Waals surface area contributed by atoms with Crippen molar-refractivity contribution in [2.24, 2.45) is 0 Å². The van der Waals surface area contributed by atoms with Gasteiger partial charge in [-0.05, 0) is 20.8 Å². The van der Waals surface area contributed by atoms with Crippen molar-refractivity contribution in [1.29, 1.82) is 0 Å². The molecule has 19 heavy (non-hydrogen) atoms. The summed E-state index contributed by atoms with van der Waals surface area (Å²) in [7, 11) is 0. The minimum Gasteiger partial charge on any atom is -0.284 e. The van der Waals surface area contributed by atoms with Gasteiger partial charge in [0.15, 0.2) is 5.69 Å². The van der Waals surface area contributed by atoms with E-state index in [4.69, 9.17) is 0 Å². The van der Waals surface area contributed by atoms with Crippen molar-refractivity contribution >= 4 is 5.78 Å². The number of alkyl halides is 6. The first-order valence-electron chi connectivity index (χ1n) is 5.03. The van der Waals surface area contributed by atoms with E-state index >= 15 is 0 Å². The number of Topliss-reactive ketones (excluding diaryl/α,β-unsaturated/α-hetero) is 1. The van der Waals surface area contributed by atoms with E-state index in [1.807, 2.05) is 0 Å². The van der Waals surface area contributed by atoms with Crippen LogP contribution in [-0.4, -0.2) is 21.7 Å². The molecule has 1 aromatic rings. The molecule has 0 amide bonds. The SMILES string of the molecule is CC(C)(C)n1ncc(C(=O)C(F)(F)F)c1C(F)(F)F. The Kier molecular flexibility index (Phi) is 3.46. The minimum atomic E-state index is -5.38. The second-order valence-electron chi connectivity index (χ2n) is 4.81. The molecule has 0 N–H and O–H groups in total. The number of ketones is 1. The van der Waals surface area contributed by atoms with E-state index in [9.17, 15) is 31.1 Å². The first-order valence-corrected chi connectivity index (χ1v) is 5.03. The van der Waals surface area contributed by atoms with Gasteiger partial charge in [0.25, 0.3) is 5.78 Å². The predicted molar refractivity (Wildman–Crippen MR) is 52.6 cm³/mol. The van der Waals surface area contributed by atoms with Crippen LogP contribution < -0.4 is 0 Å². The Balaban J connectivity index is 3.53. The summed E-state index contributed by atoms with van der Waals surface area (Å²) in [5, 5.41) is 3.26. The Morgan fingerprint density at radius 3 is 1.89 bits per heavy atom. The lowest BCUT2D eigenvalue weighted by molar-refractivity contribution is -0.146. The molecule has 108 valence electrons. The van der Waals surface area contributed by atoms with Crippen LogP contribution in [0.3, 0.4) is 0 Å². The predicted octanol–water partition coefficient (Wildman–Crippen LogP) is 3.40. The van der Waals surface area contributed by atoms with E-state index in [1.165, 1.54) is 20.8 Å². The van der Waals surface area contributed by atoms with Gasteiger partial charge in [0.2, 0.25) is 0 Å². The molecule has 0 radical (unpaired) electrons. The fourth-order valence-electron chi connectivity index (χ4n) is 1.45. The van der Waals surface area contributed by atoms with Crippen LogP contribution >= 0.6 is 0 Å². The van der Waals surface area contributed by atoms with Gasteiger partial charge in [0, 0.05) is 0 Å². The molecule has 0 spiro atoms. The van der Waals surface area contributed by atoms with Gasteiger partial charge < -0.3 is 0 Å². The van der Waals surface area contributed by atoms with E-state index in [1.54, 1.807) is 0 Å². The van der Waals surface area contributed by atoms with Gasteiger partial charge in [-0.2, -0.15) is 31.4 Å². The summed E-state index contributed by atoms with van der Waals surface area (Å²) in [6.45, 7) is 3.99. The Morgan fingerprint density at radius 1 is 1.11 bits per heavy atom. The van der Waals surface area contributed by atoms with Gasteiger partial charge in [-0.3, -0.25) is 9.48 Å². The van der Waals surface area contributed by atoms with Crippen LogP contribution in [-0.2, 0) is 11.7 Å². The van der Waals surface area contributed by atoms with Crippen molar-refractivity contribution in [3.63, 3.8) is 0 Å². The fourth-order valence-corrected chi connectivity index (χ4v) is 1.45. The van der Waals surface area contributed by atoms with Gasteiger partial charge in [-0.25, -0.2) is 0 Å². The Bertz CT molecular complexity index is 492. The van der Waals surface area contributed by atoms with Gasteiger partial charge in [0.1, 0.15) is 0 Å². The molecule has 1 heterocycles. The number of carbonyl (C=O) groups is 1. The van der Waals surface area contributed by atoms with Gasteiger partial charge in [-0.1, -0.05) is 0 Å². The zero-order valence-corrected chi connectivity index (χ0v) is 10.1. The van der Waals surface area contributed by atoms with Crippen LogP contribution in [0.15, 0.2) is 6.20 Å². The average Bonchev–Trinajstić information content (AvgIpc) is 2.56. The number of aromatic nitrogens is 2. The molecule has 0 atom stereocenters. The molecule has 3 nitrogen and oxygen atoms in total. The van der Waals surface area contributed by atoms with Crippen molar-refractivity contribution in [2.75, 3.05) is 0 Å². The molecule has 0 aromatic carbocycles. The third-order valence-electron chi connectivity index (χ3n) is 2.18. The average molecular weight is 288 g/mol. The highest BCUT2D eigenvalue weighted by molar-refractivity contribution is 6.01. The highest BCUT2D eigenvalue weighted by Gasteiger charge is 2.48. The Hall–Kier alpha value is -1.54. The van der Waals surface area contributed by atoms with Crippen molar-refractivity contribution in [2.45, 2.75) is 38.7 Å². The quantitative estimate of drug-likeness (QED) is 0.586. The number of hydrogen-bond donors (Lipinski definition) is 0. The van der Waals surface area contributed by atoms with E-state index < -0.39 is 34.9 Å². The first-order chi connectivity index (χ1) is 8.26. The van der Waals surface area contributed by atoms with Gasteiger partial charge in [-0.15, -0.1) is 0 Å². The molecule has 1 rings (SSSR count). The maximum Gasteiger partial charge on any atom is 0.455 e. The fraction of sp³-hybridized carbons (Fsp3) is 0.600. The van der Waals surface area contributed by atoms with Crippen molar-refractivity contribution < 1.29 is 31.1 Å². The third kappa shape index (κ3) is 3.07. The van der Waals surface area contributed by atoms with Gasteiger partial charge in [0.05, 0.1) is 17.3 Å². The summed E-state index contributed by atoms with van der Waals surface area (Å²) in [6.07, 6.45) is -10.2. The second kappa shape index (κ2) is 4.24.